The second-order valence-electron chi connectivity index (χ2n) is 5.67. The number of nitrogens with one attached hydrogen (secondary N) is 1. The average Bonchev–Trinajstić information content (AvgIpc) is 2.56. The average molecular weight is 347 g/mol. The molecule has 0 aromatic heterocycles. The molecule has 1 aromatic rings. The van der Waals surface area contributed by atoms with Gasteiger partial charge in [0, 0.05) is 0 Å². The largest absolute Gasteiger partial charge is 0.477 e. The van der Waals surface area contributed by atoms with Gasteiger partial charge in [0.15, 0.2) is 0 Å². The molecular formula is C16H17N3O4S. The first-order chi connectivity index (χ1) is 11.4. The quantitative estimate of drug-likeness (QED) is 0.694. The number of hydrogen-bond donors (Lipinski definition) is 3. The molecule has 126 valence electrons. The number of aliphatic carboxylic acids is 1. The first kappa shape index (κ1) is 16.5. The van der Waals surface area contributed by atoms with E-state index in [-0.39, 0.29) is 29.3 Å². The molecule has 7 nitrogen and oxygen atoms in total. The van der Waals surface area contributed by atoms with E-state index in [4.69, 9.17) is 5.73 Å². The van der Waals surface area contributed by atoms with E-state index in [2.05, 4.69) is 5.32 Å². The first-order valence-electron chi connectivity index (χ1n) is 7.42. The molecule has 2 heterocycles. The van der Waals surface area contributed by atoms with Gasteiger partial charge in [-0.25, -0.2) is 4.79 Å². The lowest BCUT2D eigenvalue weighted by Gasteiger charge is -2.46. The van der Waals surface area contributed by atoms with Crippen LogP contribution in [-0.2, 0) is 14.4 Å². The molecule has 1 unspecified atom stereocenters. The highest BCUT2D eigenvalue weighted by atomic mass is 32.2. The van der Waals surface area contributed by atoms with Gasteiger partial charge in [-0.1, -0.05) is 30.3 Å². The summed E-state index contributed by atoms with van der Waals surface area (Å²) in [7, 11) is 0. The van der Waals surface area contributed by atoms with Crippen molar-refractivity contribution in [3.05, 3.63) is 47.2 Å². The number of amides is 2. The summed E-state index contributed by atoms with van der Waals surface area (Å²) in [6.07, 6.45) is 0.270. The molecule has 0 aliphatic carbocycles. The highest BCUT2D eigenvalue weighted by Crippen LogP contribution is 2.43. The van der Waals surface area contributed by atoms with E-state index in [9.17, 15) is 19.5 Å². The van der Waals surface area contributed by atoms with Gasteiger partial charge < -0.3 is 16.2 Å². The molecule has 0 saturated carbocycles. The Bertz CT molecular complexity index is 734. The summed E-state index contributed by atoms with van der Waals surface area (Å²) in [5, 5.41) is 11.4. The van der Waals surface area contributed by atoms with Crippen LogP contribution in [-0.4, -0.2) is 38.5 Å². The molecule has 3 rings (SSSR count). The van der Waals surface area contributed by atoms with Crippen molar-refractivity contribution in [2.45, 2.75) is 30.1 Å². The fourth-order valence-corrected chi connectivity index (χ4v) is 4.18. The summed E-state index contributed by atoms with van der Waals surface area (Å²) in [6, 6.07) is 8.10. The number of rotatable bonds is 4. The number of thioether (sulfide) groups is 1. The van der Waals surface area contributed by atoms with Crippen LogP contribution in [0.2, 0.25) is 0 Å². The molecule has 1 saturated heterocycles. The van der Waals surface area contributed by atoms with Crippen molar-refractivity contribution in [1.29, 1.82) is 0 Å². The monoisotopic (exact) mass is 347 g/mol. The number of benzene rings is 1. The van der Waals surface area contributed by atoms with Gasteiger partial charge in [0.2, 0.25) is 11.8 Å². The number of hydrogen-bond acceptors (Lipinski definition) is 5. The van der Waals surface area contributed by atoms with E-state index in [1.165, 1.54) is 16.7 Å². The Morgan fingerprint density at radius 1 is 1.38 bits per heavy atom. The van der Waals surface area contributed by atoms with E-state index in [0.29, 0.717) is 11.1 Å². The molecule has 1 aromatic carbocycles. The predicted molar refractivity (Wildman–Crippen MR) is 88.5 cm³/mol. The lowest BCUT2D eigenvalue weighted by Crippen LogP contribution is -2.57. The van der Waals surface area contributed by atoms with Gasteiger partial charge in [0.1, 0.15) is 17.1 Å². The SMILES string of the molecule is CC1=C(C(=O)O)N2C(=O)C[C@H]2SC1NC(=O)[C@H](N)c1ccccc1. The van der Waals surface area contributed by atoms with E-state index in [1.807, 2.05) is 6.07 Å². The minimum atomic E-state index is -1.17. The molecule has 24 heavy (non-hydrogen) atoms. The second kappa shape index (κ2) is 6.29. The van der Waals surface area contributed by atoms with Crippen molar-refractivity contribution in [3.63, 3.8) is 0 Å². The number of nitrogens with zero attached hydrogens (tertiary/aromatic N) is 1. The van der Waals surface area contributed by atoms with E-state index >= 15 is 0 Å². The lowest BCUT2D eigenvalue weighted by atomic mass is 10.1. The lowest BCUT2D eigenvalue weighted by molar-refractivity contribution is -0.146. The first-order valence-corrected chi connectivity index (χ1v) is 8.37. The zero-order chi connectivity index (χ0) is 17.4. The van der Waals surface area contributed by atoms with Crippen molar-refractivity contribution >= 4 is 29.5 Å². The molecule has 3 atom stereocenters. The van der Waals surface area contributed by atoms with Crippen LogP contribution in [0.3, 0.4) is 0 Å². The van der Waals surface area contributed by atoms with Gasteiger partial charge >= 0.3 is 5.97 Å². The molecule has 2 aliphatic heterocycles. The fourth-order valence-electron chi connectivity index (χ4n) is 2.78. The summed E-state index contributed by atoms with van der Waals surface area (Å²) in [6.45, 7) is 1.61. The number of fused-ring (bicyclic) bond motifs is 1. The van der Waals surface area contributed by atoms with Crippen LogP contribution in [0.1, 0.15) is 24.9 Å². The third-order valence-corrected chi connectivity index (χ3v) is 5.56. The number of carbonyl (C=O) groups excluding carboxylic acids is 2. The van der Waals surface area contributed by atoms with Crippen LogP contribution in [0.15, 0.2) is 41.6 Å². The molecule has 2 aliphatic rings. The number of β-lactam (4-membered cyclic amide) rings is 1. The van der Waals surface area contributed by atoms with Crippen LogP contribution in [0, 0.1) is 0 Å². The Labute approximate surface area is 142 Å². The van der Waals surface area contributed by atoms with Gasteiger partial charge in [-0.05, 0) is 18.1 Å². The zero-order valence-electron chi connectivity index (χ0n) is 12.9. The van der Waals surface area contributed by atoms with Crippen molar-refractivity contribution < 1.29 is 19.5 Å². The summed E-state index contributed by atoms with van der Waals surface area (Å²) in [5.41, 5.74) is 7.04. The Morgan fingerprint density at radius 2 is 2.04 bits per heavy atom. The smallest absolute Gasteiger partial charge is 0.352 e. The van der Waals surface area contributed by atoms with Crippen molar-refractivity contribution in [2.75, 3.05) is 0 Å². The molecule has 1 fully saturated rings. The number of nitrogens with two attached hydrogens (primary N) is 1. The summed E-state index contributed by atoms with van der Waals surface area (Å²) < 4.78 is 0. The van der Waals surface area contributed by atoms with Gasteiger partial charge in [-0.2, -0.15) is 0 Å². The topological polar surface area (TPSA) is 113 Å². The molecule has 4 N–H and O–H groups in total. The normalized spacial score (nSPS) is 24.1. The van der Waals surface area contributed by atoms with Crippen LogP contribution in [0.25, 0.3) is 0 Å². The molecule has 0 radical (unpaired) electrons. The van der Waals surface area contributed by atoms with Crippen molar-refractivity contribution in [3.8, 4) is 0 Å². The molecule has 8 heteroatoms. The zero-order valence-corrected chi connectivity index (χ0v) is 13.7. The molecule has 2 amide bonds. The summed E-state index contributed by atoms with van der Waals surface area (Å²) in [5.74, 6) is -1.77. The Morgan fingerprint density at radius 3 is 2.62 bits per heavy atom. The van der Waals surface area contributed by atoms with Crippen LogP contribution in [0.5, 0.6) is 0 Å². The summed E-state index contributed by atoms with van der Waals surface area (Å²) >= 11 is 1.35. The van der Waals surface area contributed by atoms with E-state index in [1.54, 1.807) is 31.2 Å². The van der Waals surface area contributed by atoms with Gasteiger partial charge in [-0.15, -0.1) is 11.8 Å². The fraction of sp³-hybridized carbons (Fsp3) is 0.312. The minimum Gasteiger partial charge on any atom is -0.477 e. The number of carbonyl (C=O) groups is 3. The van der Waals surface area contributed by atoms with E-state index < -0.39 is 17.4 Å². The number of carboxylic acid groups (broad SMARTS) is 1. The highest BCUT2D eigenvalue weighted by Gasteiger charge is 2.47. The van der Waals surface area contributed by atoms with Crippen molar-refractivity contribution in [1.82, 2.24) is 10.2 Å². The predicted octanol–water partition coefficient (Wildman–Crippen LogP) is 0.793. The highest BCUT2D eigenvalue weighted by molar-refractivity contribution is 8.00. The number of carboxylic acids is 1. The van der Waals surface area contributed by atoms with E-state index in [0.717, 1.165) is 0 Å². The van der Waals surface area contributed by atoms with Crippen LogP contribution in [0.4, 0.5) is 0 Å². The Hall–Kier alpha value is -2.32. The van der Waals surface area contributed by atoms with Crippen LogP contribution < -0.4 is 11.1 Å². The maximum atomic E-state index is 12.4. The third kappa shape index (κ3) is 2.78. The Kier molecular flexibility index (Phi) is 4.33. The maximum absolute atomic E-state index is 12.4. The van der Waals surface area contributed by atoms with Gasteiger partial charge in [0.25, 0.3) is 0 Å². The summed E-state index contributed by atoms with van der Waals surface area (Å²) in [4.78, 5) is 36.8. The third-order valence-electron chi connectivity index (χ3n) is 4.12. The van der Waals surface area contributed by atoms with Gasteiger partial charge in [0.05, 0.1) is 11.8 Å². The second-order valence-corrected chi connectivity index (χ2v) is 6.96. The van der Waals surface area contributed by atoms with Gasteiger partial charge in [-0.3, -0.25) is 14.5 Å². The Balaban J connectivity index is 1.80. The maximum Gasteiger partial charge on any atom is 0.352 e. The molecular weight excluding hydrogens is 330 g/mol. The van der Waals surface area contributed by atoms with Crippen molar-refractivity contribution in [2.24, 2.45) is 5.73 Å². The minimum absolute atomic E-state index is 0.0476. The van der Waals surface area contributed by atoms with Crippen LogP contribution >= 0.6 is 11.8 Å². The molecule has 0 bridgehead atoms. The molecule has 0 spiro atoms. The standard InChI is InChI=1S/C16H17N3O4S/c1-8-13(16(22)23)19-10(20)7-11(19)24-15(8)18-14(21)12(17)9-5-3-2-4-6-9/h2-6,11-12,15H,7,17H2,1H3,(H,18,21)(H,22,23)/t11-,12-,15?/m1/s1.